The molecular formula is C14H20N2O3S. The number of hydrogen-bond acceptors (Lipinski definition) is 5. The number of carbonyl (C=O) groups is 1. The third kappa shape index (κ3) is 4.61. The van der Waals surface area contributed by atoms with Crippen LogP contribution >= 0.6 is 11.8 Å². The van der Waals surface area contributed by atoms with E-state index in [-0.39, 0.29) is 18.0 Å². The highest BCUT2D eigenvalue weighted by Gasteiger charge is 2.17. The maximum Gasteiger partial charge on any atom is 0.270 e. The zero-order chi connectivity index (χ0) is 15.1. The molecule has 0 bridgehead atoms. The van der Waals surface area contributed by atoms with E-state index in [0.717, 1.165) is 12.2 Å². The first-order valence-electron chi connectivity index (χ1n) is 6.46. The van der Waals surface area contributed by atoms with Crippen molar-refractivity contribution in [2.45, 2.75) is 19.4 Å². The molecule has 1 unspecified atom stereocenters. The lowest BCUT2D eigenvalue weighted by atomic mass is 10.1. The van der Waals surface area contributed by atoms with Gasteiger partial charge in [0.05, 0.1) is 11.5 Å². The average molecular weight is 296 g/mol. The van der Waals surface area contributed by atoms with E-state index in [4.69, 9.17) is 0 Å². The first-order chi connectivity index (χ1) is 9.49. The molecule has 0 aromatic heterocycles. The van der Waals surface area contributed by atoms with E-state index >= 15 is 0 Å². The Balaban J connectivity index is 2.75. The van der Waals surface area contributed by atoms with Crippen LogP contribution in [-0.4, -0.2) is 47.2 Å². The Hall–Kier alpha value is -1.40. The molecule has 110 valence electrons. The Bertz CT molecular complexity index is 479. The molecule has 0 fully saturated rings. The Labute approximate surface area is 123 Å². The van der Waals surface area contributed by atoms with Crippen LogP contribution in [-0.2, 0) is 0 Å². The molecule has 0 N–H and O–H groups in total. The van der Waals surface area contributed by atoms with Crippen molar-refractivity contribution in [3.05, 3.63) is 39.9 Å². The zero-order valence-corrected chi connectivity index (χ0v) is 12.9. The maximum atomic E-state index is 12.2. The van der Waals surface area contributed by atoms with E-state index in [1.165, 1.54) is 12.1 Å². The summed E-state index contributed by atoms with van der Waals surface area (Å²) in [7, 11) is 1.92. The fourth-order valence-electron chi connectivity index (χ4n) is 1.99. The number of carbonyl (C=O) groups excluding carboxylic acids is 1. The van der Waals surface area contributed by atoms with Gasteiger partial charge in [0.2, 0.25) is 0 Å². The molecule has 6 heteroatoms. The van der Waals surface area contributed by atoms with E-state index in [2.05, 4.69) is 6.92 Å². The lowest BCUT2D eigenvalue weighted by Crippen LogP contribution is -2.37. The predicted octanol–water partition coefficient (Wildman–Crippen LogP) is 2.85. The van der Waals surface area contributed by atoms with E-state index in [1.807, 2.05) is 18.2 Å². The van der Waals surface area contributed by atoms with Gasteiger partial charge in [-0.3, -0.25) is 19.8 Å². The van der Waals surface area contributed by atoms with E-state index in [1.54, 1.807) is 23.9 Å². The minimum absolute atomic E-state index is 0.0466. The SMILES string of the molecule is CCC(CSC)N(C)CC(=O)c1cccc([N+](=O)[O-])c1. The highest BCUT2D eigenvalue weighted by molar-refractivity contribution is 7.98. The molecule has 5 nitrogen and oxygen atoms in total. The number of nitro benzene ring substituents is 1. The molecule has 0 aliphatic rings. The smallest absolute Gasteiger partial charge is 0.270 e. The normalized spacial score (nSPS) is 12.4. The molecule has 20 heavy (non-hydrogen) atoms. The number of likely N-dealkylation sites (N-methyl/N-ethyl adjacent to an activating group) is 1. The van der Waals surface area contributed by atoms with Crippen LogP contribution in [0.1, 0.15) is 23.7 Å². The molecule has 0 heterocycles. The number of benzene rings is 1. The second kappa shape index (κ2) is 8.01. The van der Waals surface area contributed by atoms with Crippen LogP contribution in [0.25, 0.3) is 0 Å². The average Bonchev–Trinajstić information content (AvgIpc) is 2.44. The number of rotatable bonds is 8. The number of nitrogens with zero attached hydrogens (tertiary/aromatic N) is 2. The lowest BCUT2D eigenvalue weighted by Gasteiger charge is -2.25. The van der Waals surface area contributed by atoms with Gasteiger partial charge in [0.25, 0.3) is 5.69 Å². The van der Waals surface area contributed by atoms with Crippen LogP contribution in [0, 0.1) is 10.1 Å². The maximum absolute atomic E-state index is 12.2. The molecule has 0 radical (unpaired) electrons. The summed E-state index contributed by atoms with van der Waals surface area (Å²) in [6, 6.07) is 6.24. The first-order valence-corrected chi connectivity index (χ1v) is 7.85. The third-order valence-corrected chi connectivity index (χ3v) is 3.94. The molecule has 1 aromatic rings. The van der Waals surface area contributed by atoms with Gasteiger partial charge in [-0.1, -0.05) is 19.1 Å². The fraction of sp³-hybridized carbons (Fsp3) is 0.500. The van der Waals surface area contributed by atoms with Gasteiger partial charge in [-0.2, -0.15) is 11.8 Å². The van der Waals surface area contributed by atoms with Crippen molar-refractivity contribution in [1.29, 1.82) is 0 Å². The number of hydrogen-bond donors (Lipinski definition) is 0. The number of ketones is 1. The summed E-state index contributed by atoms with van der Waals surface area (Å²) < 4.78 is 0. The van der Waals surface area contributed by atoms with E-state index in [0.29, 0.717) is 11.6 Å². The highest BCUT2D eigenvalue weighted by Crippen LogP contribution is 2.15. The van der Waals surface area contributed by atoms with Crippen molar-refractivity contribution < 1.29 is 9.72 Å². The standard InChI is InChI=1S/C14H20N2O3S/c1-4-12(10-20-3)15(2)9-14(17)11-6-5-7-13(8-11)16(18)19/h5-8,12H,4,9-10H2,1-3H3. The van der Waals surface area contributed by atoms with Gasteiger partial charge in [-0.05, 0) is 19.7 Å². The largest absolute Gasteiger partial charge is 0.295 e. The van der Waals surface area contributed by atoms with Crippen LogP contribution < -0.4 is 0 Å². The Morgan fingerprint density at radius 1 is 1.50 bits per heavy atom. The lowest BCUT2D eigenvalue weighted by molar-refractivity contribution is -0.384. The quantitative estimate of drug-likeness (QED) is 0.419. The van der Waals surface area contributed by atoms with Crippen molar-refractivity contribution >= 4 is 23.2 Å². The molecule has 0 spiro atoms. The third-order valence-electron chi connectivity index (χ3n) is 3.23. The molecule has 0 aliphatic heterocycles. The minimum atomic E-state index is -0.483. The van der Waals surface area contributed by atoms with Gasteiger partial charge in [-0.25, -0.2) is 0 Å². The van der Waals surface area contributed by atoms with Gasteiger partial charge in [-0.15, -0.1) is 0 Å². The van der Waals surface area contributed by atoms with E-state index < -0.39 is 4.92 Å². The zero-order valence-electron chi connectivity index (χ0n) is 12.0. The second-order valence-electron chi connectivity index (χ2n) is 4.66. The second-order valence-corrected chi connectivity index (χ2v) is 5.57. The van der Waals surface area contributed by atoms with Crippen LogP contribution in [0.5, 0.6) is 0 Å². The fourth-order valence-corrected chi connectivity index (χ4v) is 2.86. The molecule has 1 atom stereocenters. The van der Waals surface area contributed by atoms with Crippen LogP contribution in [0.4, 0.5) is 5.69 Å². The summed E-state index contributed by atoms with van der Waals surface area (Å²) in [5.41, 5.74) is 0.347. The van der Waals surface area contributed by atoms with Crippen LogP contribution in [0.3, 0.4) is 0 Å². The predicted molar refractivity (Wildman–Crippen MR) is 82.5 cm³/mol. The van der Waals surface area contributed by atoms with Crippen molar-refractivity contribution in [1.82, 2.24) is 4.90 Å². The number of thioether (sulfide) groups is 1. The van der Waals surface area contributed by atoms with Gasteiger partial charge in [0, 0.05) is 29.5 Å². The van der Waals surface area contributed by atoms with E-state index in [9.17, 15) is 14.9 Å². The highest BCUT2D eigenvalue weighted by atomic mass is 32.2. The van der Waals surface area contributed by atoms with Crippen molar-refractivity contribution in [3.63, 3.8) is 0 Å². The Morgan fingerprint density at radius 3 is 2.75 bits per heavy atom. The first kappa shape index (κ1) is 16.7. The Kier molecular flexibility index (Phi) is 6.67. The summed E-state index contributed by atoms with van der Waals surface area (Å²) in [6.07, 6.45) is 3.01. The molecule has 0 aliphatic carbocycles. The molecule has 0 amide bonds. The molecule has 1 rings (SSSR count). The monoisotopic (exact) mass is 296 g/mol. The van der Waals surface area contributed by atoms with Crippen molar-refractivity contribution in [3.8, 4) is 0 Å². The number of nitro groups is 1. The Morgan fingerprint density at radius 2 is 2.20 bits per heavy atom. The summed E-state index contributed by atoms with van der Waals surface area (Å²) >= 11 is 1.75. The van der Waals surface area contributed by atoms with Gasteiger partial charge < -0.3 is 0 Å². The summed E-state index contributed by atoms with van der Waals surface area (Å²) in [4.78, 5) is 24.4. The minimum Gasteiger partial charge on any atom is -0.295 e. The van der Waals surface area contributed by atoms with Gasteiger partial charge in [0.1, 0.15) is 0 Å². The summed E-state index contributed by atoms with van der Waals surface area (Å²) in [5.74, 6) is 0.880. The summed E-state index contributed by atoms with van der Waals surface area (Å²) in [6.45, 7) is 2.37. The van der Waals surface area contributed by atoms with Gasteiger partial charge >= 0.3 is 0 Å². The molecule has 0 saturated carbocycles. The van der Waals surface area contributed by atoms with Crippen LogP contribution in [0.2, 0.25) is 0 Å². The van der Waals surface area contributed by atoms with Crippen molar-refractivity contribution in [2.24, 2.45) is 0 Å². The van der Waals surface area contributed by atoms with Crippen LogP contribution in [0.15, 0.2) is 24.3 Å². The molecular weight excluding hydrogens is 276 g/mol. The number of non-ortho nitro benzene ring substituents is 1. The topological polar surface area (TPSA) is 63.5 Å². The number of Topliss-reactive ketones (excluding diaryl/α,β-unsaturated/α-hetero) is 1. The van der Waals surface area contributed by atoms with Crippen molar-refractivity contribution in [2.75, 3.05) is 25.6 Å². The van der Waals surface area contributed by atoms with Gasteiger partial charge in [0.15, 0.2) is 5.78 Å². The molecule has 0 saturated heterocycles. The summed E-state index contributed by atoms with van der Waals surface area (Å²) in [5, 5.41) is 10.7. The molecule has 1 aromatic carbocycles.